The Balaban J connectivity index is 2.01. The molecule has 0 aliphatic rings. The number of nitrogens with one attached hydrogen (secondary N) is 2. The van der Waals surface area contributed by atoms with Gasteiger partial charge in [0.15, 0.2) is 0 Å². The van der Waals surface area contributed by atoms with Crippen molar-refractivity contribution in [2.45, 2.75) is 6.92 Å². The van der Waals surface area contributed by atoms with Crippen LogP contribution in [0.4, 0.5) is 11.4 Å². The molecule has 0 radical (unpaired) electrons. The van der Waals surface area contributed by atoms with Gasteiger partial charge in [-0.15, -0.1) is 11.3 Å². The number of aromatic amines is 1. The van der Waals surface area contributed by atoms with Gasteiger partial charge in [-0.2, -0.15) is 0 Å². The molecule has 5 nitrogen and oxygen atoms in total. The Morgan fingerprint density at radius 1 is 1.26 bits per heavy atom. The number of fused-ring (bicyclic) bond motifs is 1. The number of nitrogen functional groups attached to an aromatic ring is 1. The first-order valence-corrected chi connectivity index (χ1v) is 8.12. The van der Waals surface area contributed by atoms with E-state index >= 15 is 0 Å². The number of benzene rings is 1. The molecule has 1 amide bonds. The van der Waals surface area contributed by atoms with Crippen LogP contribution in [0.25, 0.3) is 10.2 Å². The van der Waals surface area contributed by atoms with E-state index in [1.54, 1.807) is 25.1 Å². The highest BCUT2D eigenvalue weighted by atomic mass is 35.5. The van der Waals surface area contributed by atoms with Crippen LogP contribution in [0.2, 0.25) is 10.0 Å². The summed E-state index contributed by atoms with van der Waals surface area (Å²) in [6.45, 7) is 1.78. The van der Waals surface area contributed by atoms with Gasteiger partial charge in [-0.1, -0.05) is 23.2 Å². The second-order valence-electron chi connectivity index (χ2n) is 4.95. The Hall–Kier alpha value is -2.02. The van der Waals surface area contributed by atoms with Gasteiger partial charge in [0.2, 0.25) is 5.56 Å². The minimum Gasteiger partial charge on any atom is -0.397 e. The lowest BCUT2D eigenvalue weighted by molar-refractivity contribution is 0.103. The van der Waals surface area contributed by atoms with Gasteiger partial charge in [-0.05, 0) is 30.7 Å². The summed E-state index contributed by atoms with van der Waals surface area (Å²) in [6, 6.07) is 6.24. The van der Waals surface area contributed by atoms with E-state index in [-0.39, 0.29) is 11.5 Å². The Kier molecular flexibility index (Phi) is 4.06. The summed E-state index contributed by atoms with van der Waals surface area (Å²) in [4.78, 5) is 27.6. The van der Waals surface area contributed by atoms with Crippen LogP contribution in [-0.2, 0) is 0 Å². The molecule has 0 aliphatic heterocycles. The number of nitrogens with two attached hydrogens (primary N) is 1. The number of H-pyrrole nitrogens is 1. The fraction of sp³-hybridized carbons (Fsp3) is 0.0667. The van der Waals surface area contributed by atoms with Crippen molar-refractivity contribution in [3.05, 3.63) is 55.1 Å². The smallest absolute Gasteiger partial charge is 0.267 e. The van der Waals surface area contributed by atoms with Crippen molar-refractivity contribution in [1.82, 2.24) is 4.98 Å². The van der Waals surface area contributed by atoms with E-state index in [4.69, 9.17) is 28.9 Å². The molecular weight excluding hydrogens is 357 g/mol. The number of halogens is 2. The third-order valence-electron chi connectivity index (χ3n) is 3.31. The molecule has 3 rings (SSSR count). The summed E-state index contributed by atoms with van der Waals surface area (Å²) in [6.07, 6.45) is 0. The zero-order valence-corrected chi connectivity index (χ0v) is 14.2. The molecule has 2 heterocycles. The van der Waals surface area contributed by atoms with Crippen LogP contribution in [-0.4, -0.2) is 10.9 Å². The van der Waals surface area contributed by atoms with Gasteiger partial charge < -0.3 is 16.0 Å². The first kappa shape index (κ1) is 15.9. The summed E-state index contributed by atoms with van der Waals surface area (Å²) < 4.78 is 0. The molecule has 0 saturated heterocycles. The zero-order chi connectivity index (χ0) is 16.7. The Morgan fingerprint density at radius 2 is 2.00 bits per heavy atom. The fourth-order valence-corrected chi connectivity index (χ4v) is 3.65. The average molecular weight is 368 g/mol. The zero-order valence-electron chi connectivity index (χ0n) is 11.9. The lowest BCUT2D eigenvalue weighted by Crippen LogP contribution is -2.12. The number of amides is 1. The molecule has 0 spiro atoms. The number of hydrogen-bond acceptors (Lipinski definition) is 4. The lowest BCUT2D eigenvalue weighted by atomic mass is 10.1. The number of hydrogen-bond donors (Lipinski definition) is 3. The molecule has 4 N–H and O–H groups in total. The van der Waals surface area contributed by atoms with Crippen molar-refractivity contribution in [3.63, 3.8) is 0 Å². The molecule has 23 heavy (non-hydrogen) atoms. The molecule has 118 valence electrons. The molecule has 0 unspecified atom stereocenters. The average Bonchev–Trinajstić information content (AvgIpc) is 2.80. The third kappa shape index (κ3) is 2.93. The van der Waals surface area contributed by atoms with Crippen molar-refractivity contribution >= 4 is 62.0 Å². The number of rotatable bonds is 2. The van der Waals surface area contributed by atoms with Crippen molar-refractivity contribution in [2.24, 2.45) is 0 Å². The first-order chi connectivity index (χ1) is 10.9. The SMILES string of the molecule is Cc1cc(=O)[nH]c2sc(C(=O)Nc3ccc(Cl)c(Cl)c3)c(N)c12. The van der Waals surface area contributed by atoms with E-state index in [9.17, 15) is 9.59 Å². The summed E-state index contributed by atoms with van der Waals surface area (Å²) in [7, 11) is 0. The van der Waals surface area contributed by atoms with Gasteiger partial charge in [0.25, 0.3) is 5.91 Å². The van der Waals surface area contributed by atoms with Crippen LogP contribution in [0.3, 0.4) is 0 Å². The van der Waals surface area contributed by atoms with E-state index in [0.717, 1.165) is 16.9 Å². The molecule has 0 saturated carbocycles. The fourth-order valence-electron chi connectivity index (χ4n) is 2.27. The minimum absolute atomic E-state index is 0.229. The van der Waals surface area contributed by atoms with E-state index in [2.05, 4.69) is 10.3 Å². The second-order valence-corrected chi connectivity index (χ2v) is 6.78. The lowest BCUT2D eigenvalue weighted by Gasteiger charge is -2.05. The van der Waals surface area contributed by atoms with Crippen molar-refractivity contribution in [2.75, 3.05) is 11.1 Å². The van der Waals surface area contributed by atoms with Gasteiger partial charge in [0, 0.05) is 17.1 Å². The molecule has 2 aromatic heterocycles. The van der Waals surface area contributed by atoms with Crippen LogP contribution in [0.1, 0.15) is 15.2 Å². The maximum Gasteiger partial charge on any atom is 0.267 e. The number of anilines is 2. The predicted molar refractivity (Wildman–Crippen MR) is 96.0 cm³/mol. The third-order valence-corrected chi connectivity index (χ3v) is 5.17. The van der Waals surface area contributed by atoms with Gasteiger partial charge in [0.1, 0.15) is 9.71 Å². The predicted octanol–water partition coefficient (Wildman–Crippen LogP) is 4.04. The number of thiophene rings is 1. The van der Waals surface area contributed by atoms with Gasteiger partial charge in [0.05, 0.1) is 15.7 Å². The second kappa shape index (κ2) is 5.88. The van der Waals surface area contributed by atoms with Crippen LogP contribution in [0.15, 0.2) is 29.1 Å². The van der Waals surface area contributed by atoms with Gasteiger partial charge in [-0.3, -0.25) is 9.59 Å². The standard InChI is InChI=1S/C15H11Cl2N3O2S/c1-6-4-10(21)20-15-11(6)12(18)13(23-15)14(22)19-7-2-3-8(16)9(17)5-7/h2-5H,18H2,1H3,(H,19,22)(H,20,21). The highest BCUT2D eigenvalue weighted by molar-refractivity contribution is 7.21. The van der Waals surface area contributed by atoms with E-state index in [1.807, 2.05) is 0 Å². The molecule has 0 fully saturated rings. The molecule has 1 aromatic carbocycles. The summed E-state index contributed by atoms with van der Waals surface area (Å²) in [5.41, 5.74) is 7.43. The normalized spacial score (nSPS) is 10.9. The van der Waals surface area contributed by atoms with Crippen LogP contribution in [0.5, 0.6) is 0 Å². The van der Waals surface area contributed by atoms with Crippen LogP contribution < -0.4 is 16.6 Å². The number of carbonyl (C=O) groups excluding carboxylic acids is 1. The van der Waals surface area contributed by atoms with E-state index < -0.39 is 0 Å². The molecular formula is C15H11Cl2N3O2S. The summed E-state index contributed by atoms with van der Waals surface area (Å²) in [5.74, 6) is -0.373. The number of aryl methyl sites for hydroxylation is 1. The minimum atomic E-state index is -0.373. The maximum atomic E-state index is 12.4. The highest BCUT2D eigenvalue weighted by Gasteiger charge is 2.19. The number of carbonyl (C=O) groups is 1. The topological polar surface area (TPSA) is 88.0 Å². The molecule has 8 heteroatoms. The van der Waals surface area contributed by atoms with Gasteiger partial charge >= 0.3 is 0 Å². The highest BCUT2D eigenvalue weighted by Crippen LogP contribution is 2.34. The maximum absolute atomic E-state index is 12.4. The van der Waals surface area contributed by atoms with Crippen LogP contribution >= 0.6 is 34.5 Å². The Labute approximate surface area is 145 Å². The van der Waals surface area contributed by atoms with Gasteiger partial charge in [-0.25, -0.2) is 0 Å². The van der Waals surface area contributed by atoms with Crippen LogP contribution in [0, 0.1) is 6.92 Å². The molecule has 0 bridgehead atoms. The monoisotopic (exact) mass is 367 g/mol. The van der Waals surface area contributed by atoms with Crippen molar-refractivity contribution in [3.8, 4) is 0 Å². The Bertz CT molecular complexity index is 994. The largest absolute Gasteiger partial charge is 0.397 e. The first-order valence-electron chi connectivity index (χ1n) is 6.55. The summed E-state index contributed by atoms with van der Waals surface area (Å²) >= 11 is 12.9. The number of aromatic nitrogens is 1. The van der Waals surface area contributed by atoms with Crippen molar-refractivity contribution < 1.29 is 4.79 Å². The van der Waals surface area contributed by atoms with E-state index in [0.29, 0.717) is 36.5 Å². The quantitative estimate of drug-likeness (QED) is 0.638. The van der Waals surface area contributed by atoms with E-state index in [1.165, 1.54) is 6.07 Å². The Morgan fingerprint density at radius 3 is 2.70 bits per heavy atom. The molecule has 3 aromatic rings. The molecule has 0 atom stereocenters. The summed E-state index contributed by atoms with van der Waals surface area (Å²) in [5, 5.41) is 4.15. The van der Waals surface area contributed by atoms with Crippen molar-refractivity contribution in [1.29, 1.82) is 0 Å². The number of pyridine rings is 1. The molecule has 0 aliphatic carbocycles.